The Bertz CT molecular complexity index is 905. The maximum absolute atomic E-state index is 12.8. The number of hydrogen-bond acceptors (Lipinski definition) is 3. The van der Waals surface area contributed by atoms with E-state index in [0.29, 0.717) is 16.8 Å². The van der Waals surface area contributed by atoms with E-state index < -0.39 is 10.0 Å². The second kappa shape index (κ2) is 7.91. The van der Waals surface area contributed by atoms with Crippen LogP contribution in [0.3, 0.4) is 0 Å². The van der Waals surface area contributed by atoms with Crippen molar-refractivity contribution >= 4 is 21.6 Å². The van der Waals surface area contributed by atoms with E-state index in [-0.39, 0.29) is 22.8 Å². The Morgan fingerprint density at radius 3 is 2.31 bits per heavy atom. The van der Waals surface area contributed by atoms with Crippen LogP contribution in [-0.2, 0) is 10.0 Å². The molecule has 0 saturated carbocycles. The van der Waals surface area contributed by atoms with Crippen LogP contribution in [-0.4, -0.2) is 20.4 Å². The minimum Gasteiger partial charge on any atom is -0.349 e. The van der Waals surface area contributed by atoms with Crippen LogP contribution in [0.15, 0.2) is 47.4 Å². The van der Waals surface area contributed by atoms with Crippen molar-refractivity contribution in [2.24, 2.45) is 5.92 Å². The number of carbonyl (C=O) groups is 1. The third-order valence-electron chi connectivity index (χ3n) is 4.37. The van der Waals surface area contributed by atoms with Gasteiger partial charge in [0.2, 0.25) is 0 Å². The molecule has 0 aliphatic heterocycles. The summed E-state index contributed by atoms with van der Waals surface area (Å²) >= 11 is 0. The van der Waals surface area contributed by atoms with Gasteiger partial charge in [0.05, 0.1) is 4.90 Å². The van der Waals surface area contributed by atoms with Gasteiger partial charge >= 0.3 is 0 Å². The maximum Gasteiger partial charge on any atom is 0.262 e. The Labute approximate surface area is 155 Å². The lowest BCUT2D eigenvalue weighted by molar-refractivity contribution is 0.0930. The maximum atomic E-state index is 12.8. The number of aryl methyl sites for hydroxylation is 2. The van der Waals surface area contributed by atoms with Gasteiger partial charge in [0.15, 0.2) is 0 Å². The first-order valence-corrected chi connectivity index (χ1v) is 10.1. The molecule has 0 saturated heterocycles. The third-order valence-corrected chi connectivity index (χ3v) is 5.89. The standard InChI is InChI=1S/C20H26N2O3S/c1-13(2)16(5)21-20(23)17-10-9-15(4)19(12-17)26(24,25)22-18-8-6-7-14(3)11-18/h6-13,16,22H,1-5H3,(H,21,23)/t16-/m0/s1. The molecule has 1 atom stereocenters. The molecule has 6 heteroatoms. The normalized spacial score (nSPS) is 12.7. The van der Waals surface area contributed by atoms with E-state index in [1.165, 1.54) is 6.07 Å². The van der Waals surface area contributed by atoms with Crippen LogP contribution in [0.1, 0.15) is 42.3 Å². The highest BCUT2D eigenvalue weighted by Crippen LogP contribution is 2.21. The first-order chi connectivity index (χ1) is 12.1. The smallest absolute Gasteiger partial charge is 0.262 e. The molecule has 0 heterocycles. The molecule has 0 bridgehead atoms. The van der Waals surface area contributed by atoms with E-state index in [1.54, 1.807) is 37.3 Å². The topological polar surface area (TPSA) is 75.3 Å². The van der Waals surface area contributed by atoms with Crippen molar-refractivity contribution in [1.29, 1.82) is 0 Å². The Balaban J connectivity index is 2.32. The number of carbonyl (C=O) groups excluding carboxylic acids is 1. The fraction of sp³-hybridized carbons (Fsp3) is 0.350. The van der Waals surface area contributed by atoms with E-state index in [4.69, 9.17) is 0 Å². The Kier molecular flexibility index (Phi) is 6.08. The lowest BCUT2D eigenvalue weighted by Crippen LogP contribution is -2.36. The van der Waals surface area contributed by atoms with E-state index >= 15 is 0 Å². The predicted molar refractivity (Wildman–Crippen MR) is 105 cm³/mol. The van der Waals surface area contributed by atoms with Gasteiger partial charge < -0.3 is 5.32 Å². The summed E-state index contributed by atoms with van der Waals surface area (Å²) in [7, 11) is -3.79. The van der Waals surface area contributed by atoms with Crippen molar-refractivity contribution in [1.82, 2.24) is 5.32 Å². The molecule has 2 aromatic rings. The zero-order chi connectivity index (χ0) is 19.5. The minimum atomic E-state index is -3.79. The highest BCUT2D eigenvalue weighted by Gasteiger charge is 2.20. The zero-order valence-corrected chi connectivity index (χ0v) is 16.6. The van der Waals surface area contributed by atoms with E-state index in [2.05, 4.69) is 10.0 Å². The van der Waals surface area contributed by atoms with Gasteiger partial charge in [-0.3, -0.25) is 9.52 Å². The number of hydrogen-bond donors (Lipinski definition) is 2. The molecule has 0 aliphatic carbocycles. The lowest BCUT2D eigenvalue weighted by Gasteiger charge is -2.18. The van der Waals surface area contributed by atoms with Crippen LogP contribution in [0.25, 0.3) is 0 Å². The monoisotopic (exact) mass is 374 g/mol. The summed E-state index contributed by atoms with van der Waals surface area (Å²) in [6, 6.07) is 11.9. The lowest BCUT2D eigenvalue weighted by atomic mass is 10.1. The number of anilines is 1. The molecular weight excluding hydrogens is 348 g/mol. The molecule has 0 unspecified atom stereocenters. The number of sulfonamides is 1. The number of benzene rings is 2. The molecule has 0 spiro atoms. The average molecular weight is 375 g/mol. The molecule has 2 N–H and O–H groups in total. The number of rotatable bonds is 6. The Morgan fingerprint density at radius 2 is 1.69 bits per heavy atom. The molecule has 1 amide bonds. The zero-order valence-electron chi connectivity index (χ0n) is 15.8. The fourth-order valence-electron chi connectivity index (χ4n) is 2.41. The van der Waals surface area contributed by atoms with Gasteiger partial charge in [-0.25, -0.2) is 8.42 Å². The van der Waals surface area contributed by atoms with Gasteiger partial charge in [-0.1, -0.05) is 32.0 Å². The largest absolute Gasteiger partial charge is 0.349 e. The molecule has 0 radical (unpaired) electrons. The summed E-state index contributed by atoms with van der Waals surface area (Å²) in [5.74, 6) is 0.00814. The molecule has 0 fully saturated rings. The van der Waals surface area contributed by atoms with Crippen LogP contribution < -0.4 is 10.0 Å². The second-order valence-corrected chi connectivity index (χ2v) is 8.61. The SMILES string of the molecule is Cc1cccc(NS(=O)(=O)c2cc(C(=O)N[C@@H](C)C(C)C)ccc2C)c1. The average Bonchev–Trinajstić information content (AvgIpc) is 2.54. The summed E-state index contributed by atoms with van der Waals surface area (Å²) in [6.07, 6.45) is 0. The molecule has 0 aliphatic rings. The fourth-order valence-corrected chi connectivity index (χ4v) is 3.73. The molecule has 0 aromatic heterocycles. The van der Waals surface area contributed by atoms with Gasteiger partial charge in [-0.2, -0.15) is 0 Å². The highest BCUT2D eigenvalue weighted by molar-refractivity contribution is 7.92. The summed E-state index contributed by atoms with van der Waals surface area (Å²) in [5, 5.41) is 2.90. The van der Waals surface area contributed by atoms with Crippen molar-refractivity contribution in [2.75, 3.05) is 4.72 Å². The summed E-state index contributed by atoms with van der Waals surface area (Å²) in [5.41, 5.74) is 2.36. The van der Waals surface area contributed by atoms with E-state index in [9.17, 15) is 13.2 Å². The summed E-state index contributed by atoms with van der Waals surface area (Å²) in [4.78, 5) is 12.5. The van der Waals surface area contributed by atoms with Gasteiger partial charge in [-0.05, 0) is 62.1 Å². The van der Waals surface area contributed by atoms with Crippen LogP contribution in [0, 0.1) is 19.8 Å². The number of nitrogens with one attached hydrogen (secondary N) is 2. The van der Waals surface area contributed by atoms with Crippen LogP contribution in [0.2, 0.25) is 0 Å². The van der Waals surface area contributed by atoms with Crippen molar-refractivity contribution < 1.29 is 13.2 Å². The summed E-state index contributed by atoms with van der Waals surface area (Å²) < 4.78 is 28.2. The second-order valence-electron chi connectivity index (χ2n) is 6.96. The first kappa shape index (κ1) is 20.0. The van der Waals surface area contributed by atoms with E-state index in [0.717, 1.165) is 5.56 Å². The first-order valence-electron chi connectivity index (χ1n) is 8.61. The van der Waals surface area contributed by atoms with Crippen molar-refractivity contribution in [3.05, 3.63) is 59.2 Å². The highest BCUT2D eigenvalue weighted by atomic mass is 32.2. The molecule has 5 nitrogen and oxygen atoms in total. The minimum absolute atomic E-state index is 0.00530. The van der Waals surface area contributed by atoms with Crippen molar-refractivity contribution in [3.63, 3.8) is 0 Å². The van der Waals surface area contributed by atoms with Gasteiger partial charge in [-0.15, -0.1) is 0 Å². The van der Waals surface area contributed by atoms with Gasteiger partial charge in [0.1, 0.15) is 0 Å². The Morgan fingerprint density at radius 1 is 1.00 bits per heavy atom. The quantitative estimate of drug-likeness (QED) is 0.806. The van der Waals surface area contributed by atoms with Gasteiger partial charge in [0.25, 0.3) is 15.9 Å². The Hall–Kier alpha value is -2.34. The molecule has 2 rings (SSSR count). The van der Waals surface area contributed by atoms with Crippen molar-refractivity contribution in [3.8, 4) is 0 Å². The molecule has 2 aromatic carbocycles. The van der Waals surface area contributed by atoms with Crippen LogP contribution >= 0.6 is 0 Å². The van der Waals surface area contributed by atoms with Crippen molar-refractivity contribution in [2.45, 2.75) is 45.6 Å². The van der Waals surface area contributed by atoms with E-state index in [1.807, 2.05) is 33.8 Å². The molecule has 26 heavy (non-hydrogen) atoms. The van der Waals surface area contributed by atoms with Gasteiger partial charge in [0, 0.05) is 17.3 Å². The number of amides is 1. The van der Waals surface area contributed by atoms with Crippen LogP contribution in [0.5, 0.6) is 0 Å². The molecular formula is C20H26N2O3S. The summed E-state index contributed by atoms with van der Waals surface area (Å²) in [6.45, 7) is 9.56. The van der Waals surface area contributed by atoms with Crippen LogP contribution in [0.4, 0.5) is 5.69 Å². The third kappa shape index (κ3) is 4.85. The molecule has 140 valence electrons. The predicted octanol–water partition coefficient (Wildman–Crippen LogP) is 3.88.